The van der Waals surface area contributed by atoms with Crippen LogP contribution in [0.15, 0.2) is 0 Å². The second-order valence-electron chi connectivity index (χ2n) is 9.43. The molecule has 2 rings (SSSR count). The Morgan fingerprint density at radius 1 is 1.16 bits per heavy atom. The molecule has 0 bridgehead atoms. The largest absolute Gasteiger partial charge is 0.446 e. The molecule has 0 radical (unpaired) electrons. The van der Waals surface area contributed by atoms with Crippen molar-refractivity contribution >= 4 is 24.2 Å². The molecule has 8 nitrogen and oxygen atoms in total. The first-order valence-electron chi connectivity index (χ1n) is 11.8. The fourth-order valence-corrected chi connectivity index (χ4v) is 4.59. The van der Waals surface area contributed by atoms with Crippen LogP contribution in [0.4, 0.5) is 4.79 Å². The Kier molecular flexibility index (Phi) is 10.3. The van der Waals surface area contributed by atoms with E-state index in [9.17, 15) is 19.2 Å². The van der Waals surface area contributed by atoms with Gasteiger partial charge in [-0.3, -0.25) is 9.59 Å². The Morgan fingerprint density at radius 2 is 1.87 bits per heavy atom. The van der Waals surface area contributed by atoms with Gasteiger partial charge in [-0.05, 0) is 56.8 Å². The number of rotatable bonds is 11. The molecule has 1 aliphatic heterocycles. The zero-order chi connectivity index (χ0) is 22.8. The summed E-state index contributed by atoms with van der Waals surface area (Å²) in [6, 6.07) is -1.55. The lowest BCUT2D eigenvalue weighted by molar-refractivity contribution is -0.127. The summed E-state index contributed by atoms with van der Waals surface area (Å²) in [6.07, 6.45) is 7.55. The van der Waals surface area contributed by atoms with Crippen molar-refractivity contribution in [2.45, 2.75) is 96.7 Å². The Bertz CT molecular complexity index is 616. The maximum Gasteiger partial charge on any atom is 0.408 e. The smallest absolute Gasteiger partial charge is 0.408 e. The number of hydrogen-bond donors (Lipinski definition) is 3. The number of nitrogens with one attached hydrogen (secondary N) is 3. The van der Waals surface area contributed by atoms with E-state index in [0.717, 1.165) is 31.6 Å². The molecule has 3 N–H and O–H groups in total. The highest BCUT2D eigenvalue weighted by Gasteiger charge is 2.31. The summed E-state index contributed by atoms with van der Waals surface area (Å²) < 4.78 is 5.58. The Balaban J connectivity index is 1.86. The van der Waals surface area contributed by atoms with E-state index in [2.05, 4.69) is 22.9 Å². The zero-order valence-electron chi connectivity index (χ0n) is 19.2. The Hall–Kier alpha value is -2.12. The highest BCUT2D eigenvalue weighted by Crippen LogP contribution is 2.29. The molecule has 2 aliphatic rings. The van der Waals surface area contributed by atoms with Gasteiger partial charge in [0.25, 0.3) is 0 Å². The number of hydrogen-bond acceptors (Lipinski definition) is 5. The molecule has 1 heterocycles. The number of aldehydes is 1. The average Bonchev–Trinajstić information content (AvgIpc) is 3.12. The monoisotopic (exact) mass is 437 g/mol. The summed E-state index contributed by atoms with van der Waals surface area (Å²) in [5.74, 6) is 0.0910. The zero-order valence-corrected chi connectivity index (χ0v) is 19.2. The van der Waals surface area contributed by atoms with Crippen molar-refractivity contribution in [1.82, 2.24) is 16.0 Å². The number of ether oxygens (including phenoxy) is 1. The topological polar surface area (TPSA) is 114 Å². The van der Waals surface area contributed by atoms with E-state index in [1.54, 1.807) is 0 Å². The van der Waals surface area contributed by atoms with E-state index in [1.807, 2.05) is 13.8 Å². The Morgan fingerprint density at radius 3 is 2.42 bits per heavy atom. The quantitative estimate of drug-likeness (QED) is 0.430. The molecule has 3 amide bonds. The van der Waals surface area contributed by atoms with Crippen LogP contribution in [0.5, 0.6) is 0 Å². The van der Waals surface area contributed by atoms with Gasteiger partial charge in [0.05, 0.1) is 6.04 Å². The molecule has 1 saturated carbocycles. The van der Waals surface area contributed by atoms with E-state index in [0.29, 0.717) is 25.7 Å². The van der Waals surface area contributed by atoms with Crippen molar-refractivity contribution in [3.05, 3.63) is 0 Å². The van der Waals surface area contributed by atoms with Gasteiger partial charge in [0.2, 0.25) is 11.8 Å². The summed E-state index contributed by atoms with van der Waals surface area (Å²) in [4.78, 5) is 48.5. The van der Waals surface area contributed by atoms with E-state index >= 15 is 0 Å². The summed E-state index contributed by atoms with van der Waals surface area (Å²) in [7, 11) is 0. The van der Waals surface area contributed by atoms with Gasteiger partial charge in [0, 0.05) is 12.5 Å². The molecular formula is C23H39N3O5. The second-order valence-corrected chi connectivity index (χ2v) is 9.43. The maximum atomic E-state index is 12.8. The SMILES string of the molecule is CCCC1CCC(OC(=O)N[C@@H](CC(C)C)C(=O)N[C@H](C=O)C[C@H]2CCNC2=O)CC1. The lowest BCUT2D eigenvalue weighted by Gasteiger charge is -2.29. The summed E-state index contributed by atoms with van der Waals surface area (Å²) in [6.45, 7) is 6.70. The minimum Gasteiger partial charge on any atom is -0.446 e. The minimum atomic E-state index is -0.788. The molecule has 0 aromatic rings. The van der Waals surface area contributed by atoms with E-state index in [-0.39, 0.29) is 30.3 Å². The van der Waals surface area contributed by atoms with Crippen molar-refractivity contribution in [2.24, 2.45) is 17.8 Å². The lowest BCUT2D eigenvalue weighted by Crippen LogP contribution is -2.51. The van der Waals surface area contributed by atoms with Crippen LogP contribution in [0, 0.1) is 17.8 Å². The van der Waals surface area contributed by atoms with E-state index in [1.165, 1.54) is 12.8 Å². The van der Waals surface area contributed by atoms with Gasteiger partial charge < -0.3 is 25.5 Å². The standard InChI is InChI=1S/C23H39N3O5/c1-4-5-16-6-8-19(9-7-16)31-23(30)26-20(12-15(2)3)22(29)25-18(14-27)13-17-10-11-24-21(17)28/h14-20H,4-13H2,1-3H3,(H,24,28)(H,25,29)(H,26,30)/t16?,17-,18+,19?,20+/m1/s1. The fourth-order valence-electron chi connectivity index (χ4n) is 4.59. The molecule has 3 atom stereocenters. The lowest BCUT2D eigenvalue weighted by atomic mass is 9.85. The predicted molar refractivity (Wildman–Crippen MR) is 117 cm³/mol. The third-order valence-corrected chi connectivity index (χ3v) is 6.27. The van der Waals surface area contributed by atoms with Crippen LogP contribution in [0.1, 0.15) is 78.6 Å². The molecule has 0 unspecified atom stereocenters. The first kappa shape index (κ1) is 25.1. The van der Waals surface area contributed by atoms with Gasteiger partial charge >= 0.3 is 6.09 Å². The molecular weight excluding hydrogens is 398 g/mol. The van der Waals surface area contributed by atoms with Crippen LogP contribution >= 0.6 is 0 Å². The first-order chi connectivity index (χ1) is 14.8. The molecule has 2 fully saturated rings. The van der Waals surface area contributed by atoms with Crippen molar-refractivity contribution in [2.75, 3.05) is 6.54 Å². The molecule has 176 valence electrons. The predicted octanol–water partition coefficient (Wildman–Crippen LogP) is 2.70. The van der Waals surface area contributed by atoms with Gasteiger partial charge in [-0.2, -0.15) is 0 Å². The van der Waals surface area contributed by atoms with Crippen molar-refractivity contribution in [3.63, 3.8) is 0 Å². The first-order valence-corrected chi connectivity index (χ1v) is 11.8. The van der Waals surface area contributed by atoms with Crippen molar-refractivity contribution in [1.29, 1.82) is 0 Å². The molecule has 0 aromatic carbocycles. The van der Waals surface area contributed by atoms with Crippen LogP contribution in [0.2, 0.25) is 0 Å². The summed E-state index contributed by atoms with van der Waals surface area (Å²) >= 11 is 0. The van der Waals surface area contributed by atoms with Crippen molar-refractivity contribution < 1.29 is 23.9 Å². The van der Waals surface area contributed by atoms with Crippen LogP contribution < -0.4 is 16.0 Å². The van der Waals surface area contributed by atoms with Crippen LogP contribution in [-0.4, -0.2) is 48.9 Å². The normalized spacial score (nSPS) is 25.4. The van der Waals surface area contributed by atoms with Gasteiger partial charge in [-0.25, -0.2) is 4.79 Å². The summed E-state index contributed by atoms with van der Waals surface area (Å²) in [5, 5.41) is 8.12. The van der Waals surface area contributed by atoms with Gasteiger partial charge in [-0.1, -0.05) is 33.6 Å². The second kappa shape index (κ2) is 12.7. The molecule has 31 heavy (non-hydrogen) atoms. The molecule has 0 spiro atoms. The fraction of sp³-hybridized carbons (Fsp3) is 0.826. The number of alkyl carbamates (subject to hydrolysis) is 1. The van der Waals surface area contributed by atoms with Crippen LogP contribution in [0.25, 0.3) is 0 Å². The number of amides is 3. The molecule has 8 heteroatoms. The average molecular weight is 438 g/mol. The minimum absolute atomic E-state index is 0.0878. The van der Waals surface area contributed by atoms with Gasteiger partial charge in [-0.15, -0.1) is 0 Å². The maximum absolute atomic E-state index is 12.8. The van der Waals surface area contributed by atoms with Gasteiger partial charge in [0.1, 0.15) is 18.4 Å². The van der Waals surface area contributed by atoms with Crippen LogP contribution in [-0.2, 0) is 19.1 Å². The molecule has 0 aromatic heterocycles. The number of carbonyl (C=O) groups is 4. The van der Waals surface area contributed by atoms with Crippen LogP contribution in [0.3, 0.4) is 0 Å². The third-order valence-electron chi connectivity index (χ3n) is 6.27. The third kappa shape index (κ3) is 8.50. The summed E-state index contributed by atoms with van der Waals surface area (Å²) in [5.41, 5.74) is 0. The van der Waals surface area contributed by atoms with E-state index < -0.39 is 24.1 Å². The Labute approximate surface area is 185 Å². The molecule has 1 saturated heterocycles. The highest BCUT2D eigenvalue weighted by atomic mass is 16.6. The van der Waals surface area contributed by atoms with Crippen molar-refractivity contribution in [3.8, 4) is 0 Å². The number of carbonyl (C=O) groups excluding carboxylic acids is 4. The molecule has 1 aliphatic carbocycles. The van der Waals surface area contributed by atoms with E-state index in [4.69, 9.17) is 4.74 Å². The highest BCUT2D eigenvalue weighted by molar-refractivity contribution is 5.88. The van der Waals surface area contributed by atoms with Gasteiger partial charge in [0.15, 0.2) is 0 Å².